The number of carbonyl (C=O) groups is 2. The van der Waals surface area contributed by atoms with Crippen molar-refractivity contribution in [1.29, 1.82) is 0 Å². The summed E-state index contributed by atoms with van der Waals surface area (Å²) in [6.45, 7) is 5.86. The highest BCUT2D eigenvalue weighted by Crippen LogP contribution is 2.26. The maximum atomic E-state index is 12.6. The van der Waals surface area contributed by atoms with E-state index in [9.17, 15) is 18.0 Å². The number of carboxylic acid groups (broad SMARTS) is 1. The first-order valence-electron chi connectivity index (χ1n) is 7.31. The van der Waals surface area contributed by atoms with Crippen molar-refractivity contribution in [3.63, 3.8) is 0 Å². The van der Waals surface area contributed by atoms with Gasteiger partial charge in [-0.2, -0.15) is 4.31 Å². The quantitative estimate of drug-likeness (QED) is 0.861. The number of ether oxygens (including phenoxy) is 1. The number of rotatable bonds is 3. The molecular weight excluding hydrogens is 356 g/mol. The van der Waals surface area contributed by atoms with Crippen LogP contribution in [0.3, 0.4) is 0 Å². The molecule has 0 radical (unpaired) electrons. The fraction of sp³-hybridized carbons (Fsp3) is 0.571. The third-order valence-corrected chi connectivity index (χ3v) is 6.30. The summed E-state index contributed by atoms with van der Waals surface area (Å²) in [6.07, 6.45) is -0.485. The van der Waals surface area contributed by atoms with E-state index < -0.39 is 27.7 Å². The van der Waals surface area contributed by atoms with Crippen molar-refractivity contribution in [2.45, 2.75) is 31.3 Å². The lowest BCUT2D eigenvalue weighted by molar-refractivity contribution is 0.0192. The zero-order chi connectivity index (χ0) is 18.1. The second kappa shape index (κ2) is 6.69. The Hall–Kier alpha value is -1.65. The van der Waals surface area contributed by atoms with Gasteiger partial charge in [-0.3, -0.25) is 0 Å². The molecule has 1 aliphatic rings. The molecule has 134 valence electrons. The number of amides is 1. The Balaban J connectivity index is 2.07. The lowest BCUT2D eigenvalue weighted by atomic mass is 10.2. The summed E-state index contributed by atoms with van der Waals surface area (Å²) in [5, 5.41) is 10.5. The van der Waals surface area contributed by atoms with E-state index in [1.165, 1.54) is 20.7 Å². The van der Waals surface area contributed by atoms with Crippen LogP contribution in [0.15, 0.2) is 16.3 Å². The maximum Gasteiger partial charge on any atom is 0.410 e. The zero-order valence-corrected chi connectivity index (χ0v) is 15.3. The van der Waals surface area contributed by atoms with E-state index in [1.54, 1.807) is 20.8 Å². The third-order valence-electron chi connectivity index (χ3n) is 3.33. The minimum Gasteiger partial charge on any atom is -0.477 e. The number of hydrogen-bond donors (Lipinski definition) is 1. The zero-order valence-electron chi connectivity index (χ0n) is 13.7. The second-order valence-electron chi connectivity index (χ2n) is 6.29. The summed E-state index contributed by atoms with van der Waals surface area (Å²) < 4.78 is 31.7. The topological polar surface area (TPSA) is 104 Å². The minimum atomic E-state index is -3.89. The van der Waals surface area contributed by atoms with Crippen molar-refractivity contribution in [3.05, 3.63) is 16.3 Å². The van der Waals surface area contributed by atoms with Crippen LogP contribution in [-0.4, -0.2) is 66.6 Å². The normalized spacial score (nSPS) is 16.9. The van der Waals surface area contributed by atoms with Gasteiger partial charge >= 0.3 is 12.1 Å². The van der Waals surface area contributed by atoms with Gasteiger partial charge in [0.2, 0.25) is 10.0 Å². The van der Waals surface area contributed by atoms with E-state index >= 15 is 0 Å². The highest BCUT2D eigenvalue weighted by Gasteiger charge is 2.34. The van der Waals surface area contributed by atoms with Gasteiger partial charge in [0.15, 0.2) is 0 Å². The van der Waals surface area contributed by atoms with Crippen molar-refractivity contribution in [3.8, 4) is 0 Å². The molecule has 1 aromatic rings. The highest BCUT2D eigenvalue weighted by atomic mass is 32.2. The lowest BCUT2D eigenvalue weighted by Crippen LogP contribution is -2.51. The Labute approximate surface area is 144 Å². The molecule has 0 aromatic carbocycles. The van der Waals surface area contributed by atoms with Crippen LogP contribution in [0.5, 0.6) is 0 Å². The Bertz CT molecular complexity index is 727. The van der Waals surface area contributed by atoms with Gasteiger partial charge in [0.05, 0.1) is 0 Å². The molecule has 0 saturated carbocycles. The van der Waals surface area contributed by atoms with Gasteiger partial charge < -0.3 is 14.7 Å². The van der Waals surface area contributed by atoms with Gasteiger partial charge in [-0.25, -0.2) is 18.0 Å². The largest absolute Gasteiger partial charge is 0.477 e. The van der Waals surface area contributed by atoms with Gasteiger partial charge in [0.1, 0.15) is 15.4 Å². The molecule has 0 unspecified atom stereocenters. The predicted molar refractivity (Wildman–Crippen MR) is 87.8 cm³/mol. The first kappa shape index (κ1) is 18.7. The van der Waals surface area contributed by atoms with Crippen LogP contribution >= 0.6 is 11.3 Å². The van der Waals surface area contributed by atoms with Crippen LogP contribution in [0.25, 0.3) is 0 Å². The number of nitrogens with zero attached hydrogens (tertiary/aromatic N) is 2. The lowest BCUT2D eigenvalue weighted by Gasteiger charge is -2.34. The Kier molecular flexibility index (Phi) is 5.21. The van der Waals surface area contributed by atoms with Crippen LogP contribution in [0, 0.1) is 0 Å². The van der Waals surface area contributed by atoms with Gasteiger partial charge in [0.25, 0.3) is 0 Å². The Morgan fingerprint density at radius 1 is 1.21 bits per heavy atom. The van der Waals surface area contributed by atoms with Crippen LogP contribution in [0.1, 0.15) is 30.4 Å². The Morgan fingerprint density at radius 2 is 1.79 bits per heavy atom. The first-order chi connectivity index (χ1) is 11.0. The van der Waals surface area contributed by atoms with Crippen molar-refractivity contribution < 1.29 is 27.9 Å². The summed E-state index contributed by atoms with van der Waals surface area (Å²) in [4.78, 5) is 24.2. The standard InChI is InChI=1S/C14H20N2O6S2/c1-14(2,3)22-13(19)15-5-7-16(8-6-15)24(20,21)10-4-9-23-11(10)12(17)18/h4,9H,5-8H2,1-3H3,(H,17,18). The first-order valence-corrected chi connectivity index (χ1v) is 9.63. The molecule has 1 amide bonds. The molecule has 2 rings (SSSR count). The third kappa shape index (κ3) is 4.05. The molecule has 1 aliphatic heterocycles. The smallest absolute Gasteiger partial charge is 0.410 e. The molecule has 1 fully saturated rings. The SMILES string of the molecule is CC(C)(C)OC(=O)N1CCN(S(=O)(=O)c2ccsc2C(=O)O)CC1. The molecule has 10 heteroatoms. The number of thiophene rings is 1. The number of hydrogen-bond acceptors (Lipinski definition) is 6. The average molecular weight is 376 g/mol. The molecule has 2 heterocycles. The van der Waals surface area contributed by atoms with E-state index in [0.717, 1.165) is 11.3 Å². The molecule has 1 aromatic heterocycles. The van der Waals surface area contributed by atoms with Crippen LogP contribution in [0.2, 0.25) is 0 Å². The van der Waals surface area contributed by atoms with E-state index in [2.05, 4.69) is 0 Å². The van der Waals surface area contributed by atoms with E-state index in [0.29, 0.717) is 0 Å². The van der Waals surface area contributed by atoms with Crippen molar-refractivity contribution in [1.82, 2.24) is 9.21 Å². The molecule has 0 aliphatic carbocycles. The van der Waals surface area contributed by atoms with E-state index in [1.807, 2.05) is 0 Å². The summed E-state index contributed by atoms with van der Waals surface area (Å²) in [7, 11) is -3.89. The highest BCUT2D eigenvalue weighted by molar-refractivity contribution is 7.89. The van der Waals surface area contributed by atoms with Gasteiger partial charge in [-0.05, 0) is 32.2 Å². The molecule has 1 N–H and O–H groups in total. The van der Waals surface area contributed by atoms with Gasteiger partial charge in [-0.15, -0.1) is 11.3 Å². The molecule has 0 atom stereocenters. The molecule has 8 nitrogen and oxygen atoms in total. The van der Waals surface area contributed by atoms with Gasteiger partial charge in [0, 0.05) is 26.2 Å². The maximum absolute atomic E-state index is 12.6. The average Bonchev–Trinajstić information content (AvgIpc) is 2.96. The summed E-state index contributed by atoms with van der Waals surface area (Å²) in [5.41, 5.74) is -0.618. The predicted octanol–water partition coefficient (Wildman–Crippen LogP) is 1.69. The molecule has 24 heavy (non-hydrogen) atoms. The summed E-state index contributed by atoms with van der Waals surface area (Å²) in [5.74, 6) is -1.27. The van der Waals surface area contributed by atoms with Crippen molar-refractivity contribution in [2.24, 2.45) is 0 Å². The van der Waals surface area contributed by atoms with Crippen LogP contribution in [0.4, 0.5) is 4.79 Å². The molecular formula is C14H20N2O6S2. The molecule has 0 spiro atoms. The summed E-state index contributed by atoms with van der Waals surface area (Å²) in [6, 6.07) is 1.30. The number of sulfonamides is 1. The Morgan fingerprint density at radius 3 is 2.29 bits per heavy atom. The van der Waals surface area contributed by atoms with Crippen molar-refractivity contribution in [2.75, 3.05) is 26.2 Å². The number of carboxylic acids is 1. The fourth-order valence-corrected chi connectivity index (χ4v) is 4.89. The van der Waals surface area contributed by atoms with Crippen molar-refractivity contribution >= 4 is 33.4 Å². The van der Waals surface area contributed by atoms with Crippen LogP contribution < -0.4 is 0 Å². The number of aromatic carboxylic acids is 1. The minimum absolute atomic E-state index is 0.0937. The summed E-state index contributed by atoms with van der Waals surface area (Å²) >= 11 is 0.870. The number of carbonyl (C=O) groups excluding carboxylic acids is 1. The van der Waals surface area contributed by atoms with E-state index in [4.69, 9.17) is 9.84 Å². The molecule has 1 saturated heterocycles. The number of piperazine rings is 1. The second-order valence-corrected chi connectivity index (χ2v) is 9.11. The van der Waals surface area contributed by atoms with E-state index in [-0.39, 0.29) is 36.0 Å². The fourth-order valence-electron chi connectivity index (χ4n) is 2.23. The molecule has 0 bridgehead atoms. The van der Waals surface area contributed by atoms with Gasteiger partial charge in [-0.1, -0.05) is 0 Å². The van der Waals surface area contributed by atoms with Crippen LogP contribution in [-0.2, 0) is 14.8 Å². The monoisotopic (exact) mass is 376 g/mol.